The Bertz CT molecular complexity index is 1060. The molecule has 4 rings (SSSR count). The summed E-state index contributed by atoms with van der Waals surface area (Å²) in [5.74, 6) is 2.79. The van der Waals surface area contributed by atoms with E-state index in [4.69, 9.17) is 18.9 Å². The first-order valence-corrected chi connectivity index (χ1v) is 17.6. The molecular weight excluding hydrogens is 644 g/mol. The third kappa shape index (κ3) is 10.2. The quantitative estimate of drug-likeness (QED) is 0.0763. The summed E-state index contributed by atoms with van der Waals surface area (Å²) in [5.41, 5.74) is 1.80. The van der Waals surface area contributed by atoms with Gasteiger partial charge in [0.1, 0.15) is 60.3 Å². The van der Waals surface area contributed by atoms with E-state index < -0.39 is 74.6 Å². The Morgan fingerprint density at radius 1 is 0.543 bits per heavy atom. The van der Waals surface area contributed by atoms with Gasteiger partial charge in [-0.25, -0.2) is 0 Å². The van der Waals surface area contributed by atoms with E-state index in [2.05, 4.69) is 10.6 Å². The van der Waals surface area contributed by atoms with E-state index >= 15 is 0 Å². The van der Waals surface area contributed by atoms with Crippen molar-refractivity contribution in [3.8, 4) is 11.5 Å². The molecule has 14 nitrogen and oxygen atoms in total. The second kappa shape index (κ2) is 18.5. The molecule has 2 heterocycles. The Hall–Kier alpha value is -2.06. The maximum absolute atomic E-state index is 10.1. The number of hydrogen-bond donors (Lipinski definition) is 10. The molecule has 10 atom stereocenters. The number of nitrogens with one attached hydrogen (secondary N) is 2. The highest BCUT2D eigenvalue weighted by atomic mass is 33.1. The largest absolute Gasteiger partial charge is 0.462 e. The van der Waals surface area contributed by atoms with Crippen LogP contribution in [0.5, 0.6) is 11.5 Å². The summed E-state index contributed by atoms with van der Waals surface area (Å²) in [7, 11) is 3.63. The molecule has 0 amide bonds. The van der Waals surface area contributed by atoms with Crippen LogP contribution in [0.25, 0.3) is 0 Å². The molecule has 2 saturated heterocycles. The minimum Gasteiger partial charge on any atom is -0.462 e. The van der Waals surface area contributed by atoms with Crippen LogP contribution in [0, 0.1) is 0 Å². The van der Waals surface area contributed by atoms with Crippen molar-refractivity contribution in [2.45, 2.75) is 74.3 Å². The zero-order valence-corrected chi connectivity index (χ0v) is 26.7. The van der Waals surface area contributed by atoms with Gasteiger partial charge in [-0.1, -0.05) is 21.6 Å². The number of aliphatic hydroxyl groups is 8. The average Bonchev–Trinajstić information content (AvgIpc) is 3.07. The normalized spacial score (nSPS) is 31.3. The van der Waals surface area contributed by atoms with Crippen molar-refractivity contribution in [1.82, 2.24) is 0 Å². The van der Waals surface area contributed by atoms with Crippen LogP contribution in [0.4, 0.5) is 11.4 Å². The fourth-order valence-corrected chi connectivity index (χ4v) is 6.92. The molecule has 2 aromatic carbocycles. The molecule has 0 saturated carbocycles. The third-order valence-electron chi connectivity index (χ3n) is 7.46. The first-order valence-electron chi connectivity index (χ1n) is 15.1. The van der Waals surface area contributed by atoms with Crippen LogP contribution in [-0.2, 0) is 9.47 Å². The molecular formula is C30H44N2O12S2. The Morgan fingerprint density at radius 2 is 0.913 bits per heavy atom. The van der Waals surface area contributed by atoms with Crippen LogP contribution in [0.2, 0.25) is 0 Å². The smallest absolute Gasteiger partial charge is 0.229 e. The van der Waals surface area contributed by atoms with Gasteiger partial charge in [-0.2, -0.15) is 0 Å². The Balaban J connectivity index is 1.03. The highest BCUT2D eigenvalue weighted by Gasteiger charge is 2.45. The van der Waals surface area contributed by atoms with Crippen molar-refractivity contribution >= 4 is 33.0 Å². The highest BCUT2D eigenvalue weighted by molar-refractivity contribution is 8.76. The van der Waals surface area contributed by atoms with Gasteiger partial charge < -0.3 is 70.4 Å². The van der Waals surface area contributed by atoms with Gasteiger partial charge in [-0.15, -0.1) is 0 Å². The fraction of sp³-hybridized carbons (Fsp3) is 0.600. The zero-order chi connectivity index (χ0) is 33.1. The number of aliphatic hydroxyl groups excluding tert-OH is 8. The van der Waals surface area contributed by atoms with E-state index in [1.165, 1.54) is 0 Å². The van der Waals surface area contributed by atoms with Crippen molar-refractivity contribution in [1.29, 1.82) is 0 Å². The molecule has 16 heteroatoms. The lowest BCUT2D eigenvalue weighted by Crippen LogP contribution is -2.60. The van der Waals surface area contributed by atoms with Crippen LogP contribution in [-0.4, -0.2) is 140 Å². The summed E-state index contributed by atoms with van der Waals surface area (Å²) in [6.45, 7) is 0.545. The van der Waals surface area contributed by atoms with E-state index in [9.17, 15) is 40.9 Å². The lowest BCUT2D eigenvalue weighted by atomic mass is 9.99. The molecule has 2 fully saturated rings. The first kappa shape index (κ1) is 36.8. The molecule has 0 spiro atoms. The van der Waals surface area contributed by atoms with Crippen LogP contribution in [0.15, 0.2) is 48.5 Å². The first-order chi connectivity index (χ1) is 22.2. The van der Waals surface area contributed by atoms with Gasteiger partial charge in [0.2, 0.25) is 12.6 Å². The van der Waals surface area contributed by atoms with Crippen LogP contribution >= 0.6 is 21.6 Å². The van der Waals surface area contributed by atoms with Gasteiger partial charge in [0.25, 0.3) is 0 Å². The number of ether oxygens (including phenoxy) is 4. The topological polar surface area (TPSA) is 223 Å². The maximum atomic E-state index is 10.1. The SMILES string of the molecule is OC[C@H]1O[C@@H](Oc2ccc(NCCCSSCCCNc3ccc(O[C@@H]4O[C@H](CO)[C@H](O)[C@H](O)[C@H]4O)cc3)cc2)[C@H](O)[C@@H](O)[C@H]1O. The van der Waals surface area contributed by atoms with E-state index in [1.807, 2.05) is 45.9 Å². The number of rotatable bonds is 17. The molecule has 0 aliphatic carbocycles. The van der Waals surface area contributed by atoms with E-state index in [0.717, 1.165) is 48.8 Å². The molecule has 2 aromatic rings. The minimum atomic E-state index is -1.49. The van der Waals surface area contributed by atoms with E-state index in [1.54, 1.807) is 24.3 Å². The predicted molar refractivity (Wildman–Crippen MR) is 173 cm³/mol. The van der Waals surface area contributed by atoms with Crippen LogP contribution < -0.4 is 20.1 Å². The molecule has 0 unspecified atom stereocenters. The summed E-state index contributed by atoms with van der Waals surface area (Å²) < 4.78 is 22.0. The Morgan fingerprint density at radius 3 is 1.26 bits per heavy atom. The zero-order valence-electron chi connectivity index (χ0n) is 25.1. The molecule has 46 heavy (non-hydrogen) atoms. The van der Waals surface area contributed by atoms with Crippen molar-refractivity contribution in [2.24, 2.45) is 0 Å². The standard InChI is InChI=1S/C30H44N2O12S2/c33-15-21-23(35)25(37)27(39)29(43-21)41-19-7-3-17(4-8-19)31-11-1-13-45-46-14-2-12-32-18-5-9-20(10-6-18)42-30-28(40)26(38)24(36)22(16-34)44-30/h3-10,21-40H,1-2,11-16H2/t21-,22-,23+,24+,25+,26+,27-,28-,29-,30-/m1/s1. The summed E-state index contributed by atoms with van der Waals surface area (Å²) >= 11 is 0. The number of hydrogen-bond acceptors (Lipinski definition) is 16. The Labute approximate surface area is 275 Å². The second-order valence-electron chi connectivity index (χ2n) is 10.9. The van der Waals surface area contributed by atoms with Gasteiger partial charge in [-0.05, 0) is 61.4 Å². The lowest BCUT2D eigenvalue weighted by molar-refractivity contribution is -0.277. The van der Waals surface area contributed by atoms with Gasteiger partial charge in [0, 0.05) is 36.0 Å². The lowest BCUT2D eigenvalue weighted by Gasteiger charge is -2.39. The number of benzene rings is 2. The van der Waals surface area contributed by atoms with Crippen molar-refractivity contribution in [2.75, 3.05) is 48.4 Å². The van der Waals surface area contributed by atoms with Crippen LogP contribution in [0.3, 0.4) is 0 Å². The monoisotopic (exact) mass is 688 g/mol. The van der Waals surface area contributed by atoms with E-state index in [-0.39, 0.29) is 0 Å². The molecule has 10 N–H and O–H groups in total. The second-order valence-corrected chi connectivity index (χ2v) is 13.6. The van der Waals surface area contributed by atoms with E-state index in [0.29, 0.717) is 11.5 Å². The number of anilines is 2. The molecule has 258 valence electrons. The van der Waals surface area contributed by atoms with Crippen molar-refractivity contribution in [3.63, 3.8) is 0 Å². The summed E-state index contributed by atoms with van der Waals surface area (Å²) in [6.07, 6.45) is -11.3. The summed E-state index contributed by atoms with van der Waals surface area (Å²) in [5, 5.41) is 85.1. The van der Waals surface area contributed by atoms with Crippen LogP contribution in [0.1, 0.15) is 12.8 Å². The average molecular weight is 689 g/mol. The summed E-state index contributed by atoms with van der Waals surface area (Å²) in [6, 6.07) is 14.1. The third-order valence-corrected chi connectivity index (χ3v) is 10.0. The van der Waals surface area contributed by atoms with Gasteiger partial charge >= 0.3 is 0 Å². The minimum absolute atomic E-state index is 0.411. The predicted octanol–water partition coefficient (Wildman–Crippen LogP) is -0.270. The Kier molecular flexibility index (Phi) is 14.8. The highest BCUT2D eigenvalue weighted by Crippen LogP contribution is 2.27. The van der Waals surface area contributed by atoms with Gasteiger partial charge in [-0.3, -0.25) is 0 Å². The van der Waals surface area contributed by atoms with Gasteiger partial charge in [0.05, 0.1) is 13.2 Å². The van der Waals surface area contributed by atoms with Crippen molar-refractivity contribution < 1.29 is 59.8 Å². The van der Waals surface area contributed by atoms with Gasteiger partial charge in [0.15, 0.2) is 0 Å². The molecule has 0 bridgehead atoms. The maximum Gasteiger partial charge on any atom is 0.229 e. The van der Waals surface area contributed by atoms with Crippen molar-refractivity contribution in [3.05, 3.63) is 48.5 Å². The fourth-order valence-electron chi connectivity index (χ4n) is 4.75. The molecule has 2 aliphatic heterocycles. The summed E-state index contributed by atoms with van der Waals surface area (Å²) in [4.78, 5) is 0. The molecule has 0 aromatic heterocycles. The molecule has 2 aliphatic rings. The molecule has 0 radical (unpaired) electrons.